The molecule has 0 unspecified atom stereocenters. The predicted octanol–water partition coefficient (Wildman–Crippen LogP) is 4.21. The van der Waals surface area contributed by atoms with Crippen LogP contribution in [0.25, 0.3) is 0 Å². The number of piperazine rings is 1. The lowest BCUT2D eigenvalue weighted by molar-refractivity contribution is 0.415. The van der Waals surface area contributed by atoms with Crippen LogP contribution in [0.4, 0.5) is 23.1 Å². The quantitative estimate of drug-likeness (QED) is 0.698. The summed E-state index contributed by atoms with van der Waals surface area (Å²) >= 11 is 6.23. The number of anilines is 4. The summed E-state index contributed by atoms with van der Waals surface area (Å²) in [7, 11) is 1.68. The van der Waals surface area contributed by atoms with Crippen molar-refractivity contribution >= 4 is 34.7 Å². The number of nitrogens with one attached hydrogen (secondary N) is 1. The summed E-state index contributed by atoms with van der Waals surface area (Å²) < 4.78 is 5.24. The van der Waals surface area contributed by atoms with E-state index < -0.39 is 0 Å². The third kappa shape index (κ3) is 4.12. The highest BCUT2D eigenvalue weighted by molar-refractivity contribution is 6.33. The molecule has 2 heterocycles. The van der Waals surface area contributed by atoms with Gasteiger partial charge in [-0.25, -0.2) is 4.98 Å². The fraction of sp³-hybridized carbons (Fsp3) is 0.238. The van der Waals surface area contributed by atoms with E-state index in [1.54, 1.807) is 13.3 Å². The number of ether oxygens (including phenoxy) is 1. The van der Waals surface area contributed by atoms with Gasteiger partial charge in [-0.15, -0.1) is 0 Å². The van der Waals surface area contributed by atoms with Crippen LogP contribution in [-0.2, 0) is 0 Å². The Morgan fingerprint density at radius 1 is 0.929 bits per heavy atom. The van der Waals surface area contributed by atoms with E-state index in [2.05, 4.69) is 37.2 Å². The van der Waals surface area contributed by atoms with E-state index >= 15 is 0 Å². The van der Waals surface area contributed by atoms with Gasteiger partial charge in [0.1, 0.15) is 11.6 Å². The molecule has 6 nitrogen and oxygen atoms in total. The van der Waals surface area contributed by atoms with Gasteiger partial charge in [-0.1, -0.05) is 23.7 Å². The van der Waals surface area contributed by atoms with Crippen LogP contribution in [0.2, 0.25) is 5.02 Å². The number of aromatic nitrogens is 2. The number of methoxy groups -OCH3 is 1. The molecule has 0 spiro atoms. The van der Waals surface area contributed by atoms with Gasteiger partial charge in [-0.2, -0.15) is 4.98 Å². The van der Waals surface area contributed by atoms with Crippen LogP contribution >= 0.6 is 11.6 Å². The topological polar surface area (TPSA) is 53.5 Å². The average Bonchev–Trinajstić information content (AvgIpc) is 2.76. The van der Waals surface area contributed by atoms with Crippen LogP contribution in [0, 0.1) is 0 Å². The van der Waals surface area contributed by atoms with Gasteiger partial charge in [0.15, 0.2) is 0 Å². The van der Waals surface area contributed by atoms with E-state index in [1.807, 2.05) is 42.5 Å². The van der Waals surface area contributed by atoms with E-state index in [1.165, 1.54) is 5.69 Å². The smallest absolute Gasteiger partial charge is 0.227 e. The minimum absolute atomic E-state index is 0.663. The lowest BCUT2D eigenvalue weighted by atomic mass is 10.2. The maximum Gasteiger partial charge on any atom is 0.227 e. The number of nitrogens with zero attached hydrogens (tertiary/aromatic N) is 4. The largest absolute Gasteiger partial charge is 0.497 e. The molecule has 0 aliphatic carbocycles. The van der Waals surface area contributed by atoms with Crippen LogP contribution in [-0.4, -0.2) is 43.3 Å². The normalized spacial score (nSPS) is 14.1. The van der Waals surface area contributed by atoms with Crippen molar-refractivity contribution in [3.8, 4) is 5.75 Å². The van der Waals surface area contributed by atoms with Gasteiger partial charge in [-0.05, 0) is 42.5 Å². The molecule has 1 saturated heterocycles. The van der Waals surface area contributed by atoms with Crippen molar-refractivity contribution in [1.82, 2.24) is 9.97 Å². The molecule has 3 aromatic rings. The van der Waals surface area contributed by atoms with Gasteiger partial charge in [0, 0.05) is 38.1 Å². The Morgan fingerprint density at radius 3 is 2.36 bits per heavy atom. The highest BCUT2D eigenvalue weighted by Crippen LogP contribution is 2.25. The number of halogens is 1. The Labute approximate surface area is 169 Å². The molecule has 0 atom stereocenters. The maximum absolute atomic E-state index is 6.23. The lowest BCUT2D eigenvalue weighted by Crippen LogP contribution is -2.47. The third-order valence-corrected chi connectivity index (χ3v) is 5.11. The number of rotatable bonds is 5. The summed E-state index contributed by atoms with van der Waals surface area (Å²) in [6, 6.07) is 17.7. The lowest BCUT2D eigenvalue weighted by Gasteiger charge is -2.36. The summed E-state index contributed by atoms with van der Waals surface area (Å²) in [5, 5.41) is 3.93. The van der Waals surface area contributed by atoms with Crippen LogP contribution in [0.3, 0.4) is 0 Å². The Hall–Kier alpha value is -2.99. The van der Waals surface area contributed by atoms with E-state index in [0.717, 1.165) is 49.4 Å². The van der Waals surface area contributed by atoms with Crippen molar-refractivity contribution in [2.75, 3.05) is 48.4 Å². The zero-order chi connectivity index (χ0) is 19.3. The second-order valence-corrected chi connectivity index (χ2v) is 6.93. The summed E-state index contributed by atoms with van der Waals surface area (Å²) in [5.74, 6) is 2.33. The Morgan fingerprint density at radius 2 is 1.64 bits per heavy atom. The van der Waals surface area contributed by atoms with Crippen LogP contribution in [0.5, 0.6) is 5.75 Å². The SMILES string of the molecule is COc1ccc(N2CCN(c3nccc(Nc4ccccc4Cl)n3)CC2)cc1. The average molecular weight is 396 g/mol. The molecular formula is C21H22ClN5O. The van der Waals surface area contributed by atoms with E-state index in [9.17, 15) is 0 Å². The second-order valence-electron chi connectivity index (χ2n) is 6.52. The molecule has 1 aliphatic heterocycles. The van der Waals surface area contributed by atoms with Crippen molar-refractivity contribution < 1.29 is 4.74 Å². The fourth-order valence-corrected chi connectivity index (χ4v) is 3.41. The van der Waals surface area contributed by atoms with Crippen molar-refractivity contribution in [1.29, 1.82) is 0 Å². The van der Waals surface area contributed by atoms with Crippen LogP contribution in [0.1, 0.15) is 0 Å². The van der Waals surface area contributed by atoms with Crippen LogP contribution in [0.15, 0.2) is 60.8 Å². The molecule has 2 aromatic carbocycles. The van der Waals surface area contributed by atoms with Crippen molar-refractivity contribution in [3.05, 3.63) is 65.8 Å². The zero-order valence-corrected chi connectivity index (χ0v) is 16.4. The predicted molar refractivity (Wildman–Crippen MR) is 114 cm³/mol. The minimum atomic E-state index is 0.663. The van der Waals surface area contributed by atoms with Gasteiger partial charge >= 0.3 is 0 Å². The van der Waals surface area contributed by atoms with Crippen molar-refractivity contribution in [2.45, 2.75) is 0 Å². The highest BCUT2D eigenvalue weighted by atomic mass is 35.5. The van der Waals surface area contributed by atoms with Gasteiger partial charge in [-0.3, -0.25) is 0 Å². The van der Waals surface area contributed by atoms with Gasteiger partial charge in [0.2, 0.25) is 5.95 Å². The summed E-state index contributed by atoms with van der Waals surface area (Å²) in [6.45, 7) is 3.55. The molecular weight excluding hydrogens is 374 g/mol. The zero-order valence-electron chi connectivity index (χ0n) is 15.7. The molecule has 0 amide bonds. The molecule has 1 fully saturated rings. The molecule has 4 rings (SSSR count). The fourth-order valence-electron chi connectivity index (χ4n) is 3.23. The molecule has 1 N–H and O–H groups in total. The Bertz CT molecular complexity index is 926. The monoisotopic (exact) mass is 395 g/mol. The molecule has 28 heavy (non-hydrogen) atoms. The first-order valence-electron chi connectivity index (χ1n) is 9.21. The Kier molecular flexibility index (Phi) is 5.48. The third-order valence-electron chi connectivity index (χ3n) is 4.78. The Balaban J connectivity index is 1.41. The molecule has 0 saturated carbocycles. The van der Waals surface area contributed by atoms with Crippen molar-refractivity contribution in [3.63, 3.8) is 0 Å². The summed E-state index contributed by atoms with van der Waals surface area (Å²) in [6.07, 6.45) is 1.78. The first-order chi connectivity index (χ1) is 13.7. The highest BCUT2D eigenvalue weighted by Gasteiger charge is 2.19. The number of benzene rings is 2. The van der Waals surface area contributed by atoms with E-state index in [0.29, 0.717) is 5.02 Å². The first-order valence-corrected chi connectivity index (χ1v) is 9.59. The molecule has 0 bridgehead atoms. The van der Waals surface area contributed by atoms with Crippen molar-refractivity contribution in [2.24, 2.45) is 0 Å². The second kappa shape index (κ2) is 8.35. The molecule has 144 valence electrons. The summed E-state index contributed by atoms with van der Waals surface area (Å²) in [5.41, 5.74) is 2.04. The van der Waals surface area contributed by atoms with E-state index in [4.69, 9.17) is 16.3 Å². The van der Waals surface area contributed by atoms with Gasteiger partial charge in [0.25, 0.3) is 0 Å². The minimum Gasteiger partial charge on any atom is -0.497 e. The molecule has 0 radical (unpaired) electrons. The first kappa shape index (κ1) is 18.4. The summed E-state index contributed by atoms with van der Waals surface area (Å²) in [4.78, 5) is 13.7. The molecule has 7 heteroatoms. The van der Waals surface area contributed by atoms with E-state index in [-0.39, 0.29) is 0 Å². The van der Waals surface area contributed by atoms with Gasteiger partial charge < -0.3 is 19.9 Å². The molecule has 1 aromatic heterocycles. The number of hydrogen-bond donors (Lipinski definition) is 1. The van der Waals surface area contributed by atoms with Gasteiger partial charge in [0.05, 0.1) is 17.8 Å². The maximum atomic E-state index is 6.23. The number of hydrogen-bond acceptors (Lipinski definition) is 6. The van der Waals surface area contributed by atoms with Crippen LogP contribution < -0.4 is 19.9 Å². The number of para-hydroxylation sites is 1. The molecule has 1 aliphatic rings. The standard InChI is InChI=1S/C21H22ClN5O/c1-28-17-8-6-16(7-9-17)26-12-14-27(15-13-26)21-23-11-10-20(25-21)24-19-5-3-2-4-18(19)22/h2-11H,12-15H2,1H3,(H,23,24,25).